The summed E-state index contributed by atoms with van der Waals surface area (Å²) in [6.45, 7) is 0. The summed E-state index contributed by atoms with van der Waals surface area (Å²) in [7, 11) is 1.36. The zero-order chi connectivity index (χ0) is 14.1. The molecule has 3 rings (SSSR count). The van der Waals surface area contributed by atoms with Crippen LogP contribution < -0.4 is 10.5 Å². The molecule has 6 nitrogen and oxygen atoms in total. The van der Waals surface area contributed by atoms with Gasteiger partial charge in [0.15, 0.2) is 5.82 Å². The van der Waals surface area contributed by atoms with Gasteiger partial charge in [-0.3, -0.25) is 4.79 Å². The smallest absolute Gasteiger partial charge is 0.329 e. The Kier molecular flexibility index (Phi) is 2.98. The number of benzene rings is 1. The van der Waals surface area contributed by atoms with Crippen LogP contribution in [0.15, 0.2) is 41.2 Å². The van der Waals surface area contributed by atoms with Gasteiger partial charge >= 0.3 is 5.97 Å². The SMILES string of the molecule is COC(=O)[C@@H]1Cc2ccccc2N1c1ccc(=O)[nH]n1. The number of H-pyrrole nitrogens is 1. The van der Waals surface area contributed by atoms with Crippen molar-refractivity contribution >= 4 is 17.5 Å². The van der Waals surface area contributed by atoms with Crippen molar-refractivity contribution in [3.8, 4) is 0 Å². The molecule has 0 saturated heterocycles. The number of para-hydroxylation sites is 1. The fourth-order valence-electron chi connectivity index (χ4n) is 2.47. The zero-order valence-electron chi connectivity index (χ0n) is 10.9. The third-order valence-corrected chi connectivity index (χ3v) is 3.36. The maximum absolute atomic E-state index is 12.0. The van der Waals surface area contributed by atoms with Crippen molar-refractivity contribution in [1.82, 2.24) is 10.2 Å². The molecule has 1 aromatic heterocycles. The number of anilines is 2. The number of nitrogens with one attached hydrogen (secondary N) is 1. The van der Waals surface area contributed by atoms with Crippen LogP contribution >= 0.6 is 0 Å². The Morgan fingerprint density at radius 3 is 2.85 bits per heavy atom. The first kappa shape index (κ1) is 12.4. The molecule has 0 fully saturated rings. The van der Waals surface area contributed by atoms with Gasteiger partial charge in [0.1, 0.15) is 6.04 Å². The number of carbonyl (C=O) groups is 1. The second kappa shape index (κ2) is 4.80. The van der Waals surface area contributed by atoms with E-state index in [-0.39, 0.29) is 11.5 Å². The minimum Gasteiger partial charge on any atom is -0.467 e. The summed E-state index contributed by atoms with van der Waals surface area (Å²) in [5, 5.41) is 6.39. The number of hydrogen-bond donors (Lipinski definition) is 1. The highest BCUT2D eigenvalue weighted by Crippen LogP contribution is 2.37. The molecular weight excluding hydrogens is 258 g/mol. The van der Waals surface area contributed by atoms with Crippen molar-refractivity contribution in [2.75, 3.05) is 12.0 Å². The molecule has 0 bridgehead atoms. The fraction of sp³-hybridized carbons (Fsp3) is 0.214. The lowest BCUT2D eigenvalue weighted by molar-refractivity contribution is -0.141. The number of ether oxygens (including phenoxy) is 1. The van der Waals surface area contributed by atoms with E-state index in [0.717, 1.165) is 11.3 Å². The Morgan fingerprint density at radius 1 is 1.35 bits per heavy atom. The standard InChI is InChI=1S/C14H13N3O3/c1-20-14(19)11-8-9-4-2-3-5-10(9)17(11)12-6-7-13(18)16-15-12/h2-7,11H,8H2,1H3,(H,16,18)/t11-/m0/s1. The van der Waals surface area contributed by atoms with Crippen LogP contribution in [0.25, 0.3) is 0 Å². The molecule has 1 aliphatic rings. The molecule has 1 atom stereocenters. The summed E-state index contributed by atoms with van der Waals surface area (Å²) >= 11 is 0. The average Bonchev–Trinajstić information content (AvgIpc) is 2.87. The number of aromatic amines is 1. The third kappa shape index (κ3) is 1.95. The minimum absolute atomic E-state index is 0.282. The first-order valence-electron chi connectivity index (χ1n) is 6.21. The van der Waals surface area contributed by atoms with Gasteiger partial charge < -0.3 is 9.64 Å². The van der Waals surface area contributed by atoms with E-state index in [4.69, 9.17) is 4.74 Å². The molecule has 0 amide bonds. The molecule has 2 aromatic rings. The summed E-state index contributed by atoms with van der Waals surface area (Å²) in [6, 6.07) is 10.2. The van der Waals surface area contributed by atoms with Gasteiger partial charge in [0, 0.05) is 18.2 Å². The molecule has 0 unspecified atom stereocenters. The molecule has 1 N–H and O–H groups in total. The van der Waals surface area contributed by atoms with Gasteiger partial charge in [-0.05, 0) is 17.7 Å². The van der Waals surface area contributed by atoms with Crippen LogP contribution in [0.5, 0.6) is 0 Å². The van der Waals surface area contributed by atoms with Gasteiger partial charge in [-0.15, -0.1) is 0 Å². The van der Waals surface area contributed by atoms with Crippen LogP contribution in [-0.2, 0) is 16.0 Å². The van der Waals surface area contributed by atoms with E-state index in [1.54, 1.807) is 11.0 Å². The highest BCUT2D eigenvalue weighted by atomic mass is 16.5. The molecule has 6 heteroatoms. The average molecular weight is 271 g/mol. The van der Waals surface area contributed by atoms with Crippen LogP contribution in [0, 0.1) is 0 Å². The van der Waals surface area contributed by atoms with Crippen LogP contribution in [-0.4, -0.2) is 29.3 Å². The Labute approximate surface area is 115 Å². The third-order valence-electron chi connectivity index (χ3n) is 3.36. The van der Waals surface area contributed by atoms with E-state index < -0.39 is 6.04 Å². The summed E-state index contributed by atoms with van der Waals surface area (Å²) < 4.78 is 4.86. The topological polar surface area (TPSA) is 75.3 Å². The summed E-state index contributed by atoms with van der Waals surface area (Å²) in [4.78, 5) is 24.9. The lowest BCUT2D eigenvalue weighted by Crippen LogP contribution is -2.37. The van der Waals surface area contributed by atoms with E-state index in [2.05, 4.69) is 10.2 Å². The van der Waals surface area contributed by atoms with E-state index >= 15 is 0 Å². The molecule has 1 aliphatic heterocycles. The maximum atomic E-state index is 12.0. The minimum atomic E-state index is -0.462. The van der Waals surface area contributed by atoms with E-state index in [0.29, 0.717) is 12.2 Å². The van der Waals surface area contributed by atoms with E-state index in [1.807, 2.05) is 24.3 Å². The fourth-order valence-corrected chi connectivity index (χ4v) is 2.47. The quantitative estimate of drug-likeness (QED) is 0.825. The molecule has 0 saturated carbocycles. The van der Waals surface area contributed by atoms with Crippen molar-refractivity contribution in [3.05, 3.63) is 52.3 Å². The van der Waals surface area contributed by atoms with Gasteiger partial charge in [0.05, 0.1) is 7.11 Å². The number of hydrogen-bond acceptors (Lipinski definition) is 5. The number of fused-ring (bicyclic) bond motifs is 1. The summed E-state index contributed by atoms with van der Waals surface area (Å²) in [5.74, 6) is 0.194. The summed E-state index contributed by atoms with van der Waals surface area (Å²) in [6.07, 6.45) is 0.559. The molecule has 1 aromatic carbocycles. The van der Waals surface area contributed by atoms with E-state index in [1.165, 1.54) is 13.2 Å². The molecule has 2 heterocycles. The number of nitrogens with zero attached hydrogens (tertiary/aromatic N) is 2. The zero-order valence-corrected chi connectivity index (χ0v) is 10.9. The van der Waals surface area contributed by atoms with Crippen LogP contribution in [0.3, 0.4) is 0 Å². The van der Waals surface area contributed by atoms with Gasteiger partial charge in [-0.25, -0.2) is 9.89 Å². The van der Waals surface area contributed by atoms with Crippen LogP contribution in [0.1, 0.15) is 5.56 Å². The predicted molar refractivity (Wildman–Crippen MR) is 72.9 cm³/mol. The van der Waals surface area contributed by atoms with Crippen molar-refractivity contribution in [1.29, 1.82) is 0 Å². The molecule has 0 spiro atoms. The van der Waals surface area contributed by atoms with Crippen molar-refractivity contribution in [2.24, 2.45) is 0 Å². The first-order valence-corrected chi connectivity index (χ1v) is 6.21. The molecular formula is C14H13N3O3. The van der Waals surface area contributed by atoms with Crippen molar-refractivity contribution in [3.63, 3.8) is 0 Å². The second-order valence-electron chi connectivity index (χ2n) is 4.52. The highest BCUT2D eigenvalue weighted by Gasteiger charge is 2.36. The lowest BCUT2D eigenvalue weighted by Gasteiger charge is -2.24. The molecule has 20 heavy (non-hydrogen) atoms. The summed E-state index contributed by atoms with van der Waals surface area (Å²) in [5.41, 5.74) is 1.68. The number of methoxy groups -OCH3 is 1. The monoisotopic (exact) mass is 271 g/mol. The van der Waals surface area contributed by atoms with Gasteiger partial charge in [0.2, 0.25) is 0 Å². The molecule has 102 valence electrons. The molecule has 0 radical (unpaired) electrons. The number of aromatic nitrogens is 2. The number of esters is 1. The highest BCUT2D eigenvalue weighted by molar-refractivity contribution is 5.87. The Balaban J connectivity index is 2.09. The van der Waals surface area contributed by atoms with E-state index in [9.17, 15) is 9.59 Å². The van der Waals surface area contributed by atoms with Gasteiger partial charge in [-0.2, -0.15) is 5.10 Å². The maximum Gasteiger partial charge on any atom is 0.329 e. The van der Waals surface area contributed by atoms with Gasteiger partial charge in [0.25, 0.3) is 5.56 Å². The Hall–Kier alpha value is -2.63. The number of carbonyl (C=O) groups excluding carboxylic acids is 1. The van der Waals surface area contributed by atoms with Crippen molar-refractivity contribution < 1.29 is 9.53 Å². The lowest BCUT2D eigenvalue weighted by atomic mass is 10.1. The molecule has 0 aliphatic carbocycles. The van der Waals surface area contributed by atoms with Gasteiger partial charge in [-0.1, -0.05) is 18.2 Å². The Bertz CT molecular complexity index is 690. The normalized spacial score (nSPS) is 16.9. The van der Waals surface area contributed by atoms with Crippen LogP contribution in [0.4, 0.5) is 11.5 Å². The van der Waals surface area contributed by atoms with Crippen molar-refractivity contribution in [2.45, 2.75) is 12.5 Å². The largest absolute Gasteiger partial charge is 0.467 e. The Morgan fingerprint density at radius 2 is 2.15 bits per heavy atom. The number of rotatable bonds is 2. The first-order chi connectivity index (χ1) is 9.70. The van der Waals surface area contributed by atoms with Crippen LogP contribution in [0.2, 0.25) is 0 Å². The predicted octanol–water partition coefficient (Wildman–Crippen LogP) is 1.01. The second-order valence-corrected chi connectivity index (χ2v) is 4.52.